The van der Waals surface area contributed by atoms with Gasteiger partial charge in [-0.3, -0.25) is 0 Å². The van der Waals surface area contributed by atoms with Gasteiger partial charge in [0.05, 0.1) is 7.11 Å². The molecule has 0 saturated heterocycles. The Balaban J connectivity index is 1.83. The summed E-state index contributed by atoms with van der Waals surface area (Å²) in [7, 11) is 1.33. The van der Waals surface area contributed by atoms with E-state index in [0.717, 1.165) is 6.42 Å². The van der Waals surface area contributed by atoms with Crippen LogP contribution in [0.25, 0.3) is 0 Å². The second-order valence-corrected chi connectivity index (χ2v) is 5.93. The first-order valence-corrected chi connectivity index (χ1v) is 7.95. The first kappa shape index (κ1) is 16.7. The molecule has 0 amide bonds. The summed E-state index contributed by atoms with van der Waals surface area (Å²) in [6, 6.07) is 3.08. The maximum atomic E-state index is 13.8. The van der Waals surface area contributed by atoms with Crippen LogP contribution in [0.4, 0.5) is 8.78 Å². The number of hydrogen-bond acceptors (Lipinski definition) is 1. The van der Waals surface area contributed by atoms with Crippen LogP contribution in [-0.2, 0) is 6.42 Å². The molecule has 3 heteroatoms. The van der Waals surface area contributed by atoms with Crippen molar-refractivity contribution in [2.75, 3.05) is 7.11 Å². The average molecular weight is 306 g/mol. The molecule has 0 radical (unpaired) electrons. The predicted octanol–water partition coefficient (Wildman–Crippen LogP) is 5.45. The number of halogens is 2. The fourth-order valence-electron chi connectivity index (χ4n) is 3.02. The Hall–Kier alpha value is -1.64. The van der Waals surface area contributed by atoms with Crippen molar-refractivity contribution >= 4 is 0 Å². The van der Waals surface area contributed by atoms with E-state index in [1.165, 1.54) is 38.9 Å². The number of allylic oxidation sites excluding steroid dienone is 3. The van der Waals surface area contributed by atoms with Crippen LogP contribution < -0.4 is 4.74 Å². The molecule has 0 N–H and O–H groups in total. The summed E-state index contributed by atoms with van der Waals surface area (Å²) in [6.45, 7) is 3.85. The number of aryl methyl sites for hydroxylation is 1. The molecule has 1 nitrogen and oxygen atoms in total. The molecule has 22 heavy (non-hydrogen) atoms. The van der Waals surface area contributed by atoms with Crippen molar-refractivity contribution in [2.45, 2.75) is 38.5 Å². The first-order chi connectivity index (χ1) is 10.7. The molecular formula is C19H24F2O. The van der Waals surface area contributed by atoms with E-state index in [1.807, 2.05) is 0 Å². The summed E-state index contributed by atoms with van der Waals surface area (Å²) in [5.41, 5.74) is 0.401. The lowest BCUT2D eigenvalue weighted by molar-refractivity contribution is 0.356. The van der Waals surface area contributed by atoms with Gasteiger partial charge in [-0.1, -0.05) is 24.3 Å². The molecule has 1 fully saturated rings. The Bertz CT molecular complexity index is 528. The van der Waals surface area contributed by atoms with Gasteiger partial charge in [-0.25, -0.2) is 4.39 Å². The lowest BCUT2D eigenvalue weighted by Crippen LogP contribution is -2.10. The highest BCUT2D eigenvalue weighted by Crippen LogP contribution is 2.30. The van der Waals surface area contributed by atoms with Gasteiger partial charge in [-0.2, -0.15) is 4.39 Å². The second kappa shape index (κ2) is 8.11. The molecule has 0 unspecified atom stereocenters. The summed E-state index contributed by atoms with van der Waals surface area (Å²) < 4.78 is 32.2. The van der Waals surface area contributed by atoms with Crippen molar-refractivity contribution in [2.24, 2.45) is 11.8 Å². The fourth-order valence-corrected chi connectivity index (χ4v) is 3.02. The van der Waals surface area contributed by atoms with E-state index >= 15 is 0 Å². The first-order valence-electron chi connectivity index (χ1n) is 7.95. The van der Waals surface area contributed by atoms with Crippen molar-refractivity contribution in [3.8, 4) is 5.75 Å². The van der Waals surface area contributed by atoms with Gasteiger partial charge < -0.3 is 4.74 Å². The molecule has 0 aliphatic heterocycles. The number of rotatable bonds is 6. The predicted molar refractivity (Wildman–Crippen MR) is 86.0 cm³/mol. The highest BCUT2D eigenvalue weighted by molar-refractivity contribution is 5.31. The summed E-state index contributed by atoms with van der Waals surface area (Å²) >= 11 is 0. The third-order valence-electron chi connectivity index (χ3n) is 4.49. The van der Waals surface area contributed by atoms with Crippen molar-refractivity contribution in [3.05, 3.63) is 54.1 Å². The third-order valence-corrected chi connectivity index (χ3v) is 4.49. The lowest BCUT2D eigenvalue weighted by Gasteiger charge is -2.24. The zero-order valence-electron chi connectivity index (χ0n) is 13.2. The molecule has 0 heterocycles. The monoisotopic (exact) mass is 306 g/mol. The fraction of sp³-hybridized carbons (Fsp3) is 0.474. The molecule has 1 aromatic carbocycles. The topological polar surface area (TPSA) is 9.23 Å². The molecular weight excluding hydrogens is 282 g/mol. The zero-order valence-corrected chi connectivity index (χ0v) is 13.2. The molecule has 0 aromatic heterocycles. The molecule has 0 bridgehead atoms. The minimum Gasteiger partial charge on any atom is -0.494 e. The summed E-state index contributed by atoms with van der Waals surface area (Å²) in [4.78, 5) is 0. The summed E-state index contributed by atoms with van der Waals surface area (Å²) in [5.74, 6) is -0.448. The van der Waals surface area contributed by atoms with E-state index in [9.17, 15) is 8.78 Å². The number of methoxy groups -OCH3 is 1. The van der Waals surface area contributed by atoms with E-state index in [0.29, 0.717) is 23.8 Å². The Labute approximate surface area is 131 Å². The molecule has 0 atom stereocenters. The minimum absolute atomic E-state index is 0.0456. The second-order valence-electron chi connectivity index (χ2n) is 5.93. The molecule has 1 aromatic rings. The van der Waals surface area contributed by atoms with Crippen molar-refractivity contribution < 1.29 is 13.5 Å². The van der Waals surface area contributed by atoms with Crippen LogP contribution in [0, 0.1) is 23.5 Å². The maximum Gasteiger partial charge on any atom is 0.200 e. The standard InChI is InChI=1S/C19H24F2O/c1-3-14-8-10-15(11-9-14)6-4-5-7-16-12-13-17(22-2)19(21)18(16)20/h3-4,6,12-15H,1,5,7-11H2,2H3. The Morgan fingerprint density at radius 3 is 2.45 bits per heavy atom. The van der Waals surface area contributed by atoms with Gasteiger partial charge in [-0.15, -0.1) is 6.58 Å². The van der Waals surface area contributed by atoms with Crippen LogP contribution in [0.2, 0.25) is 0 Å². The van der Waals surface area contributed by atoms with Gasteiger partial charge in [0, 0.05) is 0 Å². The summed E-state index contributed by atoms with van der Waals surface area (Å²) in [6.07, 6.45) is 12.4. The molecule has 2 rings (SSSR count). The van der Waals surface area contributed by atoms with Crippen LogP contribution in [0.3, 0.4) is 0 Å². The molecule has 1 saturated carbocycles. The van der Waals surface area contributed by atoms with E-state index in [2.05, 4.69) is 24.8 Å². The van der Waals surface area contributed by atoms with Gasteiger partial charge in [-0.05, 0) is 62.0 Å². The molecule has 0 spiro atoms. The number of ether oxygens (including phenoxy) is 1. The van der Waals surface area contributed by atoms with E-state index in [4.69, 9.17) is 4.74 Å². The highest BCUT2D eigenvalue weighted by atomic mass is 19.2. The van der Waals surface area contributed by atoms with Gasteiger partial charge in [0.15, 0.2) is 11.6 Å². The molecule has 120 valence electrons. The quantitative estimate of drug-likeness (QED) is 0.635. The third kappa shape index (κ3) is 4.19. The minimum atomic E-state index is -0.897. The lowest BCUT2D eigenvalue weighted by atomic mass is 9.82. The molecule has 1 aliphatic rings. The number of hydrogen-bond donors (Lipinski definition) is 0. The largest absolute Gasteiger partial charge is 0.494 e. The van der Waals surface area contributed by atoms with Gasteiger partial charge in [0.1, 0.15) is 0 Å². The summed E-state index contributed by atoms with van der Waals surface area (Å²) in [5, 5.41) is 0. The van der Waals surface area contributed by atoms with Crippen LogP contribution in [-0.4, -0.2) is 7.11 Å². The van der Waals surface area contributed by atoms with Crippen molar-refractivity contribution in [3.63, 3.8) is 0 Å². The van der Waals surface area contributed by atoms with Crippen LogP contribution in [0.15, 0.2) is 36.9 Å². The van der Waals surface area contributed by atoms with Gasteiger partial charge in [0.2, 0.25) is 5.82 Å². The Morgan fingerprint density at radius 2 is 1.82 bits per heavy atom. The van der Waals surface area contributed by atoms with Crippen LogP contribution in [0.1, 0.15) is 37.7 Å². The molecule has 1 aliphatic carbocycles. The smallest absolute Gasteiger partial charge is 0.200 e. The normalized spacial score (nSPS) is 22.0. The van der Waals surface area contributed by atoms with Crippen LogP contribution in [0.5, 0.6) is 5.75 Å². The zero-order chi connectivity index (χ0) is 15.9. The number of benzene rings is 1. The van der Waals surface area contributed by atoms with Gasteiger partial charge in [0.25, 0.3) is 0 Å². The van der Waals surface area contributed by atoms with E-state index < -0.39 is 11.6 Å². The van der Waals surface area contributed by atoms with Gasteiger partial charge >= 0.3 is 0 Å². The Kier molecular flexibility index (Phi) is 6.17. The van der Waals surface area contributed by atoms with E-state index in [-0.39, 0.29) is 5.75 Å². The highest BCUT2D eigenvalue weighted by Gasteiger charge is 2.17. The Morgan fingerprint density at radius 1 is 1.14 bits per heavy atom. The van der Waals surface area contributed by atoms with Crippen LogP contribution >= 0.6 is 0 Å². The van der Waals surface area contributed by atoms with E-state index in [1.54, 1.807) is 6.07 Å². The average Bonchev–Trinajstić information content (AvgIpc) is 2.56. The van der Waals surface area contributed by atoms with Crippen molar-refractivity contribution in [1.82, 2.24) is 0 Å². The van der Waals surface area contributed by atoms with Crippen molar-refractivity contribution in [1.29, 1.82) is 0 Å². The SMILES string of the molecule is C=CC1CCC(C=CCCc2ccc(OC)c(F)c2F)CC1. The maximum absolute atomic E-state index is 13.8.